The van der Waals surface area contributed by atoms with E-state index in [1.54, 1.807) is 6.07 Å². The Balaban J connectivity index is 1.89. The number of carboxylic acids is 1. The molecule has 1 N–H and O–H groups in total. The number of hydrogen-bond donors (Lipinski definition) is 1. The molecule has 1 aromatic rings. The van der Waals surface area contributed by atoms with E-state index in [9.17, 15) is 4.79 Å². The third-order valence-corrected chi connectivity index (χ3v) is 5.16. The summed E-state index contributed by atoms with van der Waals surface area (Å²) in [5.74, 6) is -0.0394. The van der Waals surface area contributed by atoms with Gasteiger partial charge in [0.05, 0.1) is 5.56 Å². The van der Waals surface area contributed by atoms with Crippen LogP contribution in [0.25, 0.3) is 0 Å². The molecule has 0 radical (unpaired) electrons. The van der Waals surface area contributed by atoms with Gasteiger partial charge in [-0.05, 0) is 65.7 Å². The van der Waals surface area contributed by atoms with Gasteiger partial charge in [0.25, 0.3) is 0 Å². The summed E-state index contributed by atoms with van der Waals surface area (Å²) < 4.78 is 0.678. The highest BCUT2D eigenvalue weighted by Gasteiger charge is 2.35. The van der Waals surface area contributed by atoms with Gasteiger partial charge in [0.2, 0.25) is 0 Å². The second-order valence-corrected chi connectivity index (χ2v) is 6.42. The van der Waals surface area contributed by atoms with E-state index in [2.05, 4.69) is 20.8 Å². The van der Waals surface area contributed by atoms with Crippen molar-refractivity contribution in [3.05, 3.63) is 28.2 Å². The zero-order chi connectivity index (χ0) is 13.4. The molecule has 1 aliphatic heterocycles. The summed E-state index contributed by atoms with van der Waals surface area (Å²) in [7, 11) is 0. The van der Waals surface area contributed by atoms with E-state index < -0.39 is 5.97 Å². The Hall–Kier alpha value is -1.03. The van der Waals surface area contributed by atoms with E-state index in [-0.39, 0.29) is 0 Å². The molecule has 2 aliphatic rings. The normalized spacial score (nSPS) is 26.3. The van der Waals surface area contributed by atoms with Crippen LogP contribution in [-0.4, -0.2) is 23.7 Å². The largest absolute Gasteiger partial charge is 0.478 e. The number of halogens is 1. The van der Waals surface area contributed by atoms with Crippen LogP contribution in [0.5, 0.6) is 0 Å². The van der Waals surface area contributed by atoms with Crippen molar-refractivity contribution in [3.63, 3.8) is 0 Å². The fraction of sp³-hybridized carbons (Fsp3) is 0.533. The lowest BCUT2D eigenvalue weighted by Crippen LogP contribution is -2.42. The van der Waals surface area contributed by atoms with E-state index in [0.29, 0.717) is 16.1 Å². The first kappa shape index (κ1) is 13.0. The molecule has 0 bridgehead atoms. The zero-order valence-electron chi connectivity index (χ0n) is 10.8. The van der Waals surface area contributed by atoms with Crippen LogP contribution in [-0.2, 0) is 0 Å². The number of benzene rings is 1. The van der Waals surface area contributed by atoms with Gasteiger partial charge in [-0.2, -0.15) is 0 Å². The smallest absolute Gasteiger partial charge is 0.336 e. The predicted octanol–water partition coefficient (Wildman–Crippen LogP) is 3.92. The minimum absolute atomic E-state index is 0.337. The van der Waals surface area contributed by atoms with Crippen LogP contribution >= 0.6 is 15.9 Å². The molecule has 1 saturated carbocycles. The summed E-state index contributed by atoms with van der Waals surface area (Å²) in [5, 5.41) is 9.07. The van der Waals surface area contributed by atoms with Crippen molar-refractivity contribution < 1.29 is 9.90 Å². The maximum absolute atomic E-state index is 11.0. The number of aromatic carboxylic acids is 1. The number of rotatable bonds is 2. The zero-order valence-corrected chi connectivity index (χ0v) is 12.4. The number of carbonyl (C=O) groups is 1. The van der Waals surface area contributed by atoms with Crippen molar-refractivity contribution in [2.24, 2.45) is 5.92 Å². The van der Waals surface area contributed by atoms with Gasteiger partial charge in [0.1, 0.15) is 0 Å². The molecule has 2 unspecified atom stereocenters. The fourth-order valence-electron chi connectivity index (χ4n) is 3.63. The molecular weight excluding hydrogens is 306 g/mol. The van der Waals surface area contributed by atoms with Gasteiger partial charge in [-0.3, -0.25) is 0 Å². The Morgan fingerprint density at radius 2 is 2.05 bits per heavy atom. The summed E-state index contributed by atoms with van der Waals surface area (Å²) in [5.41, 5.74) is 1.50. The van der Waals surface area contributed by atoms with Crippen LogP contribution in [0.1, 0.15) is 42.5 Å². The van der Waals surface area contributed by atoms with Gasteiger partial charge in [-0.1, -0.05) is 6.42 Å². The summed E-state index contributed by atoms with van der Waals surface area (Å²) >= 11 is 3.38. The van der Waals surface area contributed by atoms with Gasteiger partial charge < -0.3 is 10.0 Å². The summed E-state index contributed by atoms with van der Waals surface area (Å²) in [6.07, 6.45) is 6.58. The fourth-order valence-corrected chi connectivity index (χ4v) is 4.17. The minimum Gasteiger partial charge on any atom is -0.478 e. The number of hydrogen-bond acceptors (Lipinski definition) is 2. The van der Waals surface area contributed by atoms with Crippen molar-refractivity contribution >= 4 is 27.6 Å². The second-order valence-electron chi connectivity index (χ2n) is 5.56. The highest BCUT2D eigenvalue weighted by atomic mass is 79.9. The standard InChI is InChI=1S/C15H18BrNO2/c16-13-9-11(6-7-12(13)15(18)19)17-8-2-4-10-3-1-5-14(10)17/h6-7,9-10,14H,1-5,8H2,(H,18,19). The third-order valence-electron chi connectivity index (χ3n) is 4.51. The van der Waals surface area contributed by atoms with Crippen LogP contribution in [0, 0.1) is 5.92 Å². The lowest BCUT2D eigenvalue weighted by molar-refractivity contribution is 0.0696. The number of carboxylic acid groups (broad SMARTS) is 1. The maximum atomic E-state index is 11.0. The minimum atomic E-state index is -0.879. The van der Waals surface area contributed by atoms with Crippen LogP contribution in [0.15, 0.2) is 22.7 Å². The molecule has 1 aliphatic carbocycles. The topological polar surface area (TPSA) is 40.5 Å². The molecule has 2 atom stereocenters. The molecular formula is C15H18BrNO2. The molecule has 1 saturated heterocycles. The van der Waals surface area contributed by atoms with Gasteiger partial charge in [-0.25, -0.2) is 4.79 Å². The van der Waals surface area contributed by atoms with Crippen LogP contribution in [0.2, 0.25) is 0 Å². The first-order valence-electron chi connectivity index (χ1n) is 6.96. The van der Waals surface area contributed by atoms with E-state index >= 15 is 0 Å². The molecule has 0 spiro atoms. The van der Waals surface area contributed by atoms with Gasteiger partial charge in [0, 0.05) is 22.7 Å². The average Bonchev–Trinajstić information content (AvgIpc) is 2.86. The average molecular weight is 324 g/mol. The van der Waals surface area contributed by atoms with E-state index in [1.807, 2.05) is 12.1 Å². The summed E-state index contributed by atoms with van der Waals surface area (Å²) in [4.78, 5) is 13.5. The van der Waals surface area contributed by atoms with Crippen LogP contribution in [0.4, 0.5) is 5.69 Å². The molecule has 2 fully saturated rings. The predicted molar refractivity (Wildman–Crippen MR) is 78.8 cm³/mol. The van der Waals surface area contributed by atoms with Crippen LogP contribution < -0.4 is 4.90 Å². The molecule has 0 aromatic heterocycles. The summed E-state index contributed by atoms with van der Waals surface area (Å²) in [6.45, 7) is 1.10. The molecule has 3 rings (SSSR count). The quantitative estimate of drug-likeness (QED) is 0.896. The highest BCUT2D eigenvalue weighted by molar-refractivity contribution is 9.10. The summed E-state index contributed by atoms with van der Waals surface area (Å²) in [6, 6.07) is 6.29. The van der Waals surface area contributed by atoms with Crippen LogP contribution in [0.3, 0.4) is 0 Å². The second kappa shape index (κ2) is 5.16. The van der Waals surface area contributed by atoms with Crippen molar-refractivity contribution in [1.82, 2.24) is 0 Å². The van der Waals surface area contributed by atoms with E-state index in [1.165, 1.54) is 32.1 Å². The number of fused-ring (bicyclic) bond motifs is 1. The van der Waals surface area contributed by atoms with E-state index in [0.717, 1.165) is 18.2 Å². The molecule has 1 heterocycles. The number of anilines is 1. The SMILES string of the molecule is O=C(O)c1ccc(N2CCCC3CCCC32)cc1Br. The first-order valence-corrected chi connectivity index (χ1v) is 7.75. The lowest BCUT2D eigenvalue weighted by atomic mass is 9.91. The Kier molecular flexibility index (Phi) is 3.52. The highest BCUT2D eigenvalue weighted by Crippen LogP contribution is 2.39. The van der Waals surface area contributed by atoms with Gasteiger partial charge in [0.15, 0.2) is 0 Å². The third kappa shape index (κ3) is 2.38. The Labute approximate surface area is 121 Å². The lowest BCUT2D eigenvalue weighted by Gasteiger charge is -2.39. The number of piperidine rings is 1. The Morgan fingerprint density at radius 3 is 2.79 bits per heavy atom. The monoisotopic (exact) mass is 323 g/mol. The Morgan fingerprint density at radius 1 is 1.26 bits per heavy atom. The van der Waals surface area contributed by atoms with Crippen molar-refractivity contribution in [3.8, 4) is 0 Å². The number of nitrogens with zero attached hydrogens (tertiary/aromatic N) is 1. The van der Waals surface area contributed by atoms with Crippen molar-refractivity contribution in [2.75, 3.05) is 11.4 Å². The van der Waals surface area contributed by atoms with Crippen molar-refractivity contribution in [1.29, 1.82) is 0 Å². The maximum Gasteiger partial charge on any atom is 0.336 e. The molecule has 3 nitrogen and oxygen atoms in total. The molecule has 4 heteroatoms. The molecule has 0 amide bonds. The molecule has 1 aromatic carbocycles. The van der Waals surface area contributed by atoms with Crippen molar-refractivity contribution in [2.45, 2.75) is 38.1 Å². The molecule has 102 valence electrons. The molecule has 19 heavy (non-hydrogen) atoms. The van der Waals surface area contributed by atoms with Gasteiger partial charge in [-0.15, -0.1) is 0 Å². The Bertz CT molecular complexity index is 503. The van der Waals surface area contributed by atoms with E-state index in [4.69, 9.17) is 5.11 Å². The van der Waals surface area contributed by atoms with Gasteiger partial charge >= 0.3 is 5.97 Å². The first-order chi connectivity index (χ1) is 9.16.